The molecule has 84 valence electrons. The molecule has 0 bridgehead atoms. The Balaban J connectivity index is 2.10. The van der Waals surface area contributed by atoms with E-state index in [2.05, 4.69) is 4.90 Å². The van der Waals surface area contributed by atoms with Crippen LogP contribution in [0.5, 0.6) is 5.95 Å². The third-order valence-corrected chi connectivity index (χ3v) is 2.88. The van der Waals surface area contributed by atoms with Crippen LogP contribution in [0.15, 0.2) is 28.7 Å². The standard InChI is InChI=1S/C12H13NO3/c14-12-11(13-5-7-15-8-6-13)9-3-1-2-4-10(9)16-12/h1-4,14H,5-8H2. The number of fused-ring (bicyclic) bond motifs is 1. The van der Waals surface area contributed by atoms with Gasteiger partial charge in [-0.05, 0) is 12.1 Å². The van der Waals surface area contributed by atoms with Gasteiger partial charge in [-0.3, -0.25) is 0 Å². The third kappa shape index (κ3) is 1.42. The maximum absolute atomic E-state index is 9.84. The number of hydrogen-bond acceptors (Lipinski definition) is 4. The fraction of sp³-hybridized carbons (Fsp3) is 0.333. The molecule has 0 amide bonds. The lowest BCUT2D eigenvalue weighted by Gasteiger charge is -2.27. The Morgan fingerprint density at radius 2 is 1.88 bits per heavy atom. The fourth-order valence-corrected chi connectivity index (χ4v) is 2.11. The molecule has 1 N–H and O–H groups in total. The van der Waals surface area contributed by atoms with Crippen molar-refractivity contribution in [2.24, 2.45) is 0 Å². The molecule has 1 aliphatic heterocycles. The molecule has 4 heteroatoms. The molecule has 0 unspecified atom stereocenters. The largest absolute Gasteiger partial charge is 0.479 e. The quantitative estimate of drug-likeness (QED) is 0.796. The van der Waals surface area contributed by atoms with Crippen molar-refractivity contribution >= 4 is 16.7 Å². The van der Waals surface area contributed by atoms with Crippen LogP contribution in [0.4, 0.5) is 5.69 Å². The van der Waals surface area contributed by atoms with Crippen LogP contribution in [-0.2, 0) is 4.74 Å². The van der Waals surface area contributed by atoms with E-state index in [0.29, 0.717) is 13.2 Å². The second kappa shape index (κ2) is 3.72. The van der Waals surface area contributed by atoms with E-state index >= 15 is 0 Å². The van der Waals surface area contributed by atoms with Gasteiger partial charge in [0.1, 0.15) is 11.3 Å². The number of furan rings is 1. The van der Waals surface area contributed by atoms with Crippen molar-refractivity contribution in [1.82, 2.24) is 0 Å². The summed E-state index contributed by atoms with van der Waals surface area (Å²) in [5, 5.41) is 10.8. The summed E-state index contributed by atoms with van der Waals surface area (Å²) in [6, 6.07) is 7.66. The molecule has 3 rings (SSSR count). The third-order valence-electron chi connectivity index (χ3n) is 2.88. The molecular formula is C12H13NO3. The smallest absolute Gasteiger partial charge is 0.307 e. The molecule has 16 heavy (non-hydrogen) atoms. The van der Waals surface area contributed by atoms with Crippen LogP contribution in [0.3, 0.4) is 0 Å². The summed E-state index contributed by atoms with van der Waals surface area (Å²) in [6.45, 7) is 2.96. The predicted molar refractivity (Wildman–Crippen MR) is 60.9 cm³/mol. The maximum Gasteiger partial charge on any atom is 0.307 e. The molecule has 1 aromatic carbocycles. The molecule has 1 aliphatic rings. The lowest BCUT2D eigenvalue weighted by molar-refractivity contribution is 0.122. The van der Waals surface area contributed by atoms with E-state index in [0.717, 1.165) is 29.7 Å². The second-order valence-electron chi connectivity index (χ2n) is 3.85. The first-order valence-electron chi connectivity index (χ1n) is 5.39. The molecule has 0 aliphatic carbocycles. The van der Waals surface area contributed by atoms with Crippen LogP contribution in [0.1, 0.15) is 0 Å². The van der Waals surface area contributed by atoms with Gasteiger partial charge in [-0.2, -0.15) is 0 Å². The van der Waals surface area contributed by atoms with Crippen molar-refractivity contribution in [3.8, 4) is 5.95 Å². The van der Waals surface area contributed by atoms with Crippen molar-refractivity contribution < 1.29 is 14.3 Å². The van der Waals surface area contributed by atoms with Crippen molar-refractivity contribution in [2.45, 2.75) is 0 Å². The number of ether oxygens (including phenoxy) is 1. The van der Waals surface area contributed by atoms with Crippen molar-refractivity contribution in [3.05, 3.63) is 24.3 Å². The minimum absolute atomic E-state index is 0.00287. The van der Waals surface area contributed by atoms with Crippen molar-refractivity contribution in [3.63, 3.8) is 0 Å². The first kappa shape index (κ1) is 9.54. The van der Waals surface area contributed by atoms with Gasteiger partial charge in [0.2, 0.25) is 0 Å². The van der Waals surface area contributed by atoms with Crippen LogP contribution in [0, 0.1) is 0 Å². The van der Waals surface area contributed by atoms with Gasteiger partial charge < -0.3 is 19.2 Å². The highest BCUT2D eigenvalue weighted by Crippen LogP contribution is 2.38. The van der Waals surface area contributed by atoms with Gasteiger partial charge in [-0.15, -0.1) is 0 Å². The summed E-state index contributed by atoms with van der Waals surface area (Å²) in [6.07, 6.45) is 0. The molecule has 0 saturated carbocycles. The molecule has 0 spiro atoms. The summed E-state index contributed by atoms with van der Waals surface area (Å²) in [4.78, 5) is 2.10. The summed E-state index contributed by atoms with van der Waals surface area (Å²) in [5.74, 6) is 0.00287. The van der Waals surface area contributed by atoms with E-state index in [4.69, 9.17) is 9.15 Å². The number of anilines is 1. The van der Waals surface area contributed by atoms with Gasteiger partial charge in [0.25, 0.3) is 0 Å². The lowest BCUT2D eigenvalue weighted by Crippen LogP contribution is -2.36. The number of hydrogen-bond donors (Lipinski definition) is 1. The number of benzene rings is 1. The highest BCUT2D eigenvalue weighted by Gasteiger charge is 2.21. The highest BCUT2D eigenvalue weighted by molar-refractivity contribution is 5.94. The summed E-state index contributed by atoms with van der Waals surface area (Å²) < 4.78 is 10.6. The summed E-state index contributed by atoms with van der Waals surface area (Å²) in [5.41, 5.74) is 1.51. The summed E-state index contributed by atoms with van der Waals surface area (Å²) in [7, 11) is 0. The Bertz CT molecular complexity index is 500. The van der Waals surface area contributed by atoms with Gasteiger partial charge in [0.05, 0.1) is 13.2 Å². The van der Waals surface area contributed by atoms with Crippen LogP contribution < -0.4 is 4.90 Å². The van der Waals surface area contributed by atoms with Gasteiger partial charge in [0, 0.05) is 18.5 Å². The molecular weight excluding hydrogens is 206 g/mol. The van der Waals surface area contributed by atoms with E-state index in [-0.39, 0.29) is 5.95 Å². The van der Waals surface area contributed by atoms with Crippen LogP contribution in [0.25, 0.3) is 11.0 Å². The Labute approximate surface area is 93.0 Å². The summed E-state index contributed by atoms with van der Waals surface area (Å²) >= 11 is 0. The molecule has 2 aromatic rings. The fourth-order valence-electron chi connectivity index (χ4n) is 2.11. The first-order chi connectivity index (χ1) is 7.86. The molecule has 2 heterocycles. The predicted octanol–water partition coefficient (Wildman–Crippen LogP) is 1.97. The SMILES string of the molecule is Oc1oc2ccccc2c1N1CCOCC1. The zero-order chi connectivity index (χ0) is 11.0. The molecule has 4 nitrogen and oxygen atoms in total. The number of para-hydroxylation sites is 1. The van der Waals surface area contributed by atoms with Crippen LogP contribution >= 0.6 is 0 Å². The molecule has 0 atom stereocenters. The molecule has 1 saturated heterocycles. The zero-order valence-electron chi connectivity index (χ0n) is 8.85. The zero-order valence-corrected chi connectivity index (χ0v) is 8.85. The first-order valence-corrected chi connectivity index (χ1v) is 5.39. The Morgan fingerprint density at radius 3 is 2.69 bits per heavy atom. The lowest BCUT2D eigenvalue weighted by atomic mass is 10.2. The van der Waals surface area contributed by atoms with E-state index in [1.165, 1.54) is 0 Å². The Morgan fingerprint density at radius 1 is 1.12 bits per heavy atom. The maximum atomic E-state index is 9.84. The van der Waals surface area contributed by atoms with Gasteiger partial charge in [-0.1, -0.05) is 12.1 Å². The molecule has 0 radical (unpaired) electrons. The van der Waals surface area contributed by atoms with Crippen molar-refractivity contribution in [1.29, 1.82) is 0 Å². The van der Waals surface area contributed by atoms with Crippen LogP contribution in [-0.4, -0.2) is 31.4 Å². The second-order valence-corrected chi connectivity index (χ2v) is 3.85. The highest BCUT2D eigenvalue weighted by atomic mass is 16.5. The van der Waals surface area contributed by atoms with Gasteiger partial charge in [0.15, 0.2) is 0 Å². The number of nitrogens with zero attached hydrogens (tertiary/aromatic N) is 1. The Kier molecular flexibility index (Phi) is 2.22. The van der Waals surface area contributed by atoms with E-state index in [9.17, 15) is 5.11 Å². The average Bonchev–Trinajstić information content (AvgIpc) is 2.66. The van der Waals surface area contributed by atoms with E-state index in [1.807, 2.05) is 24.3 Å². The van der Waals surface area contributed by atoms with E-state index < -0.39 is 0 Å². The Hall–Kier alpha value is -1.68. The number of morpholine rings is 1. The molecule has 1 aromatic heterocycles. The minimum atomic E-state index is 0.00287. The molecule has 1 fully saturated rings. The number of aromatic hydroxyl groups is 1. The monoisotopic (exact) mass is 219 g/mol. The van der Waals surface area contributed by atoms with Gasteiger partial charge >= 0.3 is 5.95 Å². The van der Waals surface area contributed by atoms with E-state index in [1.54, 1.807) is 0 Å². The van der Waals surface area contributed by atoms with Gasteiger partial charge in [-0.25, -0.2) is 0 Å². The minimum Gasteiger partial charge on any atom is -0.479 e. The average molecular weight is 219 g/mol. The topological polar surface area (TPSA) is 45.8 Å². The normalized spacial score (nSPS) is 16.9. The van der Waals surface area contributed by atoms with Crippen LogP contribution in [0.2, 0.25) is 0 Å². The number of rotatable bonds is 1. The van der Waals surface area contributed by atoms with Crippen molar-refractivity contribution in [2.75, 3.05) is 31.2 Å².